The Hall–Kier alpha value is -2.54. The second kappa shape index (κ2) is 8.79. The highest BCUT2D eigenvalue weighted by molar-refractivity contribution is 5.92. The number of hydrogen-bond acceptors (Lipinski definition) is 5. The topological polar surface area (TPSA) is 76.1 Å². The van der Waals surface area contributed by atoms with Gasteiger partial charge in [0.1, 0.15) is 11.5 Å². The predicted octanol–water partition coefficient (Wildman–Crippen LogP) is 1.99. The van der Waals surface area contributed by atoms with Gasteiger partial charge < -0.3 is 15.4 Å². The molecule has 0 aliphatic heterocycles. The smallest absolute Gasteiger partial charge is 0.270 e. The first-order chi connectivity index (χ1) is 11.2. The molecule has 0 atom stereocenters. The number of ether oxygens (including phenoxy) is 1. The van der Waals surface area contributed by atoms with Crippen molar-refractivity contribution in [1.82, 2.24) is 15.3 Å². The highest BCUT2D eigenvalue weighted by Gasteiger charge is 2.08. The van der Waals surface area contributed by atoms with Gasteiger partial charge in [-0.25, -0.2) is 14.4 Å². The van der Waals surface area contributed by atoms with Crippen LogP contribution in [0.1, 0.15) is 22.5 Å². The van der Waals surface area contributed by atoms with Gasteiger partial charge in [0.05, 0.1) is 0 Å². The van der Waals surface area contributed by atoms with Crippen molar-refractivity contribution in [3.63, 3.8) is 0 Å². The molecule has 1 aromatic heterocycles. The fourth-order valence-electron chi connectivity index (χ4n) is 1.90. The molecule has 0 fully saturated rings. The summed E-state index contributed by atoms with van der Waals surface area (Å²) in [4.78, 5) is 20.1. The molecule has 0 unspecified atom stereocenters. The average molecular weight is 318 g/mol. The maximum Gasteiger partial charge on any atom is 0.270 e. The van der Waals surface area contributed by atoms with Crippen molar-refractivity contribution in [2.45, 2.75) is 13.0 Å². The molecule has 0 saturated carbocycles. The Morgan fingerprint density at radius 3 is 2.91 bits per heavy atom. The van der Waals surface area contributed by atoms with Crippen LogP contribution in [-0.2, 0) is 11.3 Å². The van der Waals surface area contributed by atoms with Gasteiger partial charge in [0.15, 0.2) is 0 Å². The van der Waals surface area contributed by atoms with Crippen LogP contribution in [0, 0.1) is 5.82 Å². The lowest BCUT2D eigenvalue weighted by molar-refractivity contribution is 0.0943. The number of amides is 1. The van der Waals surface area contributed by atoms with E-state index in [0.29, 0.717) is 18.7 Å². The zero-order valence-electron chi connectivity index (χ0n) is 12.9. The quantitative estimate of drug-likeness (QED) is 0.728. The Bertz CT molecular complexity index is 651. The van der Waals surface area contributed by atoms with Crippen molar-refractivity contribution >= 4 is 11.9 Å². The van der Waals surface area contributed by atoms with Crippen molar-refractivity contribution in [3.05, 3.63) is 53.6 Å². The fraction of sp³-hybridized carbons (Fsp3) is 0.312. The van der Waals surface area contributed by atoms with Crippen LogP contribution in [0.4, 0.5) is 10.3 Å². The number of nitrogens with zero attached hydrogens (tertiary/aromatic N) is 2. The second-order valence-corrected chi connectivity index (χ2v) is 4.81. The molecule has 1 heterocycles. The molecule has 0 radical (unpaired) electrons. The minimum atomic E-state index is -0.299. The number of methoxy groups -OCH3 is 1. The van der Waals surface area contributed by atoms with Crippen LogP contribution in [0.3, 0.4) is 0 Å². The van der Waals surface area contributed by atoms with E-state index in [2.05, 4.69) is 20.6 Å². The molecule has 2 aromatic rings. The molecule has 0 aliphatic carbocycles. The van der Waals surface area contributed by atoms with E-state index in [0.717, 1.165) is 6.42 Å². The lowest BCUT2D eigenvalue weighted by atomic mass is 10.2. The Kier molecular flexibility index (Phi) is 6.43. The van der Waals surface area contributed by atoms with Gasteiger partial charge in [-0.1, -0.05) is 18.2 Å². The van der Waals surface area contributed by atoms with Gasteiger partial charge in [-0.15, -0.1) is 0 Å². The van der Waals surface area contributed by atoms with Crippen LogP contribution in [0.5, 0.6) is 0 Å². The number of hydrogen-bond donors (Lipinski definition) is 2. The van der Waals surface area contributed by atoms with Crippen LogP contribution in [0.2, 0.25) is 0 Å². The molecule has 0 bridgehead atoms. The van der Waals surface area contributed by atoms with Crippen molar-refractivity contribution in [1.29, 1.82) is 0 Å². The predicted molar refractivity (Wildman–Crippen MR) is 84.6 cm³/mol. The Morgan fingerprint density at radius 1 is 1.30 bits per heavy atom. The van der Waals surface area contributed by atoms with E-state index in [9.17, 15) is 9.18 Å². The monoisotopic (exact) mass is 318 g/mol. The first-order valence-corrected chi connectivity index (χ1v) is 7.28. The van der Waals surface area contributed by atoms with Gasteiger partial charge in [0.2, 0.25) is 5.95 Å². The summed E-state index contributed by atoms with van der Waals surface area (Å²) in [5.41, 5.74) is 0.763. The molecule has 23 heavy (non-hydrogen) atoms. The van der Waals surface area contributed by atoms with E-state index in [1.165, 1.54) is 18.3 Å². The first-order valence-electron chi connectivity index (χ1n) is 7.28. The van der Waals surface area contributed by atoms with Gasteiger partial charge in [-0.05, 0) is 18.6 Å². The van der Waals surface area contributed by atoms with E-state index in [1.54, 1.807) is 25.3 Å². The third kappa shape index (κ3) is 5.30. The van der Waals surface area contributed by atoms with E-state index in [-0.39, 0.29) is 29.9 Å². The maximum atomic E-state index is 13.5. The molecular formula is C16H19FN4O2. The molecular weight excluding hydrogens is 299 g/mol. The van der Waals surface area contributed by atoms with Crippen molar-refractivity contribution < 1.29 is 13.9 Å². The van der Waals surface area contributed by atoms with Gasteiger partial charge in [-0.3, -0.25) is 4.79 Å². The normalized spacial score (nSPS) is 10.3. The summed E-state index contributed by atoms with van der Waals surface area (Å²) in [6.07, 6.45) is 2.21. The summed E-state index contributed by atoms with van der Waals surface area (Å²) in [5.74, 6) is -0.303. The molecule has 0 spiro atoms. The summed E-state index contributed by atoms with van der Waals surface area (Å²) >= 11 is 0. The van der Waals surface area contributed by atoms with Gasteiger partial charge in [0.25, 0.3) is 5.91 Å². The van der Waals surface area contributed by atoms with Crippen LogP contribution in [0.15, 0.2) is 36.5 Å². The molecule has 122 valence electrons. The fourth-order valence-corrected chi connectivity index (χ4v) is 1.90. The summed E-state index contributed by atoms with van der Waals surface area (Å²) in [6.45, 7) is 1.33. The molecule has 7 heteroatoms. The zero-order chi connectivity index (χ0) is 16.5. The molecule has 0 aliphatic rings. The van der Waals surface area contributed by atoms with Crippen LogP contribution in [-0.4, -0.2) is 36.1 Å². The van der Waals surface area contributed by atoms with E-state index >= 15 is 0 Å². The Balaban J connectivity index is 1.91. The van der Waals surface area contributed by atoms with E-state index < -0.39 is 0 Å². The highest BCUT2D eigenvalue weighted by Crippen LogP contribution is 2.08. The first kappa shape index (κ1) is 16.8. The SMILES string of the molecule is COCCCNC(=O)c1ccnc(NCc2ccccc2F)n1. The summed E-state index contributed by atoms with van der Waals surface area (Å²) in [6, 6.07) is 7.98. The molecule has 6 nitrogen and oxygen atoms in total. The number of carbonyl (C=O) groups excluding carboxylic acids is 1. The number of nitrogens with one attached hydrogen (secondary N) is 2. The Labute approximate surface area is 134 Å². The molecule has 1 amide bonds. The van der Waals surface area contributed by atoms with Crippen molar-refractivity contribution in [2.24, 2.45) is 0 Å². The zero-order valence-corrected chi connectivity index (χ0v) is 12.9. The lowest BCUT2D eigenvalue weighted by Gasteiger charge is -2.08. The lowest BCUT2D eigenvalue weighted by Crippen LogP contribution is -2.26. The molecule has 1 aromatic carbocycles. The third-order valence-electron chi connectivity index (χ3n) is 3.09. The Morgan fingerprint density at radius 2 is 2.13 bits per heavy atom. The van der Waals surface area contributed by atoms with Crippen LogP contribution >= 0.6 is 0 Å². The molecule has 0 saturated heterocycles. The van der Waals surface area contributed by atoms with Gasteiger partial charge in [-0.2, -0.15) is 0 Å². The molecule has 2 rings (SSSR count). The number of halogens is 1. The van der Waals surface area contributed by atoms with E-state index in [1.807, 2.05) is 0 Å². The number of carbonyl (C=O) groups is 1. The van der Waals surface area contributed by atoms with Gasteiger partial charge >= 0.3 is 0 Å². The van der Waals surface area contributed by atoms with Crippen molar-refractivity contribution in [2.75, 3.05) is 25.6 Å². The summed E-state index contributed by atoms with van der Waals surface area (Å²) < 4.78 is 18.5. The van der Waals surface area contributed by atoms with Gasteiger partial charge in [0, 0.05) is 38.6 Å². The van der Waals surface area contributed by atoms with Crippen molar-refractivity contribution in [3.8, 4) is 0 Å². The highest BCUT2D eigenvalue weighted by atomic mass is 19.1. The third-order valence-corrected chi connectivity index (χ3v) is 3.09. The minimum Gasteiger partial charge on any atom is -0.385 e. The summed E-state index contributed by atoms with van der Waals surface area (Å²) in [5, 5.41) is 5.66. The van der Waals surface area contributed by atoms with Crippen LogP contribution < -0.4 is 10.6 Å². The second-order valence-electron chi connectivity index (χ2n) is 4.81. The van der Waals surface area contributed by atoms with Crippen LogP contribution in [0.25, 0.3) is 0 Å². The standard InChI is InChI=1S/C16H19FN4O2/c1-23-10-4-8-18-15(22)14-7-9-19-16(21-14)20-11-12-5-2-3-6-13(12)17/h2-3,5-7,9H,4,8,10-11H2,1H3,(H,18,22)(H,19,20,21). The largest absolute Gasteiger partial charge is 0.385 e. The summed E-state index contributed by atoms with van der Waals surface area (Å²) in [7, 11) is 1.61. The number of rotatable bonds is 8. The number of anilines is 1. The maximum absolute atomic E-state index is 13.5. The van der Waals surface area contributed by atoms with E-state index in [4.69, 9.17) is 4.74 Å². The average Bonchev–Trinajstić information content (AvgIpc) is 2.58. The minimum absolute atomic E-state index is 0.242. The molecule has 2 N–H and O–H groups in total. The number of aromatic nitrogens is 2. The number of benzene rings is 1.